The second-order valence-electron chi connectivity index (χ2n) is 2.35. The highest BCUT2D eigenvalue weighted by atomic mass is 35.5. The number of hydrogen-bond acceptors (Lipinski definition) is 0. The first-order valence-electron chi connectivity index (χ1n) is 3.03. The molecular weight excluding hydrogens is 151 g/mol. The van der Waals surface area contributed by atoms with Gasteiger partial charge in [-0.1, -0.05) is 11.6 Å². The van der Waals surface area contributed by atoms with Crippen molar-refractivity contribution in [3.8, 4) is 0 Å². The van der Waals surface area contributed by atoms with E-state index in [1.54, 1.807) is 13.0 Å². The van der Waals surface area contributed by atoms with E-state index in [-0.39, 0.29) is 5.82 Å². The van der Waals surface area contributed by atoms with Crippen LogP contribution in [0.3, 0.4) is 0 Å². The van der Waals surface area contributed by atoms with Crippen molar-refractivity contribution in [2.45, 2.75) is 13.8 Å². The molecule has 0 nitrogen and oxygen atoms in total. The largest absolute Gasteiger partial charge is 0.207 e. The molecule has 54 valence electrons. The van der Waals surface area contributed by atoms with Gasteiger partial charge in [-0.25, -0.2) is 4.39 Å². The summed E-state index contributed by atoms with van der Waals surface area (Å²) >= 11 is 5.68. The Morgan fingerprint density at radius 1 is 1.30 bits per heavy atom. The SMILES string of the molecule is Cc1cc(F)c(C)c(Cl)c1. The van der Waals surface area contributed by atoms with Gasteiger partial charge in [-0.05, 0) is 31.5 Å². The highest BCUT2D eigenvalue weighted by Gasteiger charge is 2.01. The standard InChI is InChI=1S/C8H8ClF/c1-5-3-7(9)6(2)8(10)4-5/h3-4H,1-2H3. The molecule has 0 amide bonds. The zero-order chi connectivity index (χ0) is 7.72. The van der Waals surface area contributed by atoms with Crippen LogP contribution in [-0.2, 0) is 0 Å². The van der Waals surface area contributed by atoms with Crippen LogP contribution in [0.25, 0.3) is 0 Å². The highest BCUT2D eigenvalue weighted by molar-refractivity contribution is 6.31. The number of aryl methyl sites for hydroxylation is 1. The fourth-order valence-electron chi connectivity index (χ4n) is 0.772. The Kier molecular flexibility index (Phi) is 1.95. The summed E-state index contributed by atoms with van der Waals surface area (Å²) in [5.41, 5.74) is 1.38. The fourth-order valence-corrected chi connectivity index (χ4v) is 1.03. The van der Waals surface area contributed by atoms with E-state index in [1.807, 2.05) is 6.92 Å². The van der Waals surface area contributed by atoms with Gasteiger partial charge in [0, 0.05) is 10.6 Å². The van der Waals surface area contributed by atoms with E-state index >= 15 is 0 Å². The third kappa shape index (κ3) is 1.29. The van der Waals surface area contributed by atoms with Crippen LogP contribution in [0.2, 0.25) is 5.02 Å². The van der Waals surface area contributed by atoms with Crippen molar-refractivity contribution < 1.29 is 4.39 Å². The van der Waals surface area contributed by atoms with Crippen LogP contribution in [0, 0.1) is 19.7 Å². The van der Waals surface area contributed by atoms with Gasteiger partial charge < -0.3 is 0 Å². The third-order valence-electron chi connectivity index (χ3n) is 1.43. The van der Waals surface area contributed by atoms with Crippen LogP contribution in [0.5, 0.6) is 0 Å². The maximum absolute atomic E-state index is 12.8. The molecule has 1 aromatic carbocycles. The maximum Gasteiger partial charge on any atom is 0.127 e. The lowest BCUT2D eigenvalue weighted by Crippen LogP contribution is -1.84. The van der Waals surface area contributed by atoms with E-state index in [1.165, 1.54) is 6.07 Å². The normalized spacial score (nSPS) is 10.0. The van der Waals surface area contributed by atoms with Gasteiger partial charge in [-0.3, -0.25) is 0 Å². The highest BCUT2D eigenvalue weighted by Crippen LogP contribution is 2.19. The number of hydrogen-bond donors (Lipinski definition) is 0. The van der Waals surface area contributed by atoms with Gasteiger partial charge in [0.05, 0.1) is 0 Å². The molecule has 0 bridgehead atoms. The number of rotatable bonds is 0. The molecule has 0 fully saturated rings. The summed E-state index contributed by atoms with van der Waals surface area (Å²) < 4.78 is 12.8. The predicted molar refractivity (Wildman–Crippen MR) is 40.9 cm³/mol. The van der Waals surface area contributed by atoms with E-state index in [0.29, 0.717) is 10.6 Å². The summed E-state index contributed by atoms with van der Waals surface area (Å²) in [7, 11) is 0. The summed E-state index contributed by atoms with van der Waals surface area (Å²) in [6.45, 7) is 3.48. The Morgan fingerprint density at radius 2 is 1.90 bits per heavy atom. The zero-order valence-corrected chi connectivity index (χ0v) is 6.67. The molecule has 0 aliphatic heterocycles. The minimum Gasteiger partial charge on any atom is -0.207 e. The summed E-state index contributed by atoms with van der Waals surface area (Å²) in [4.78, 5) is 0. The van der Waals surface area contributed by atoms with Gasteiger partial charge in [0.25, 0.3) is 0 Å². The molecule has 0 aliphatic carbocycles. The molecule has 1 rings (SSSR count). The minimum absolute atomic E-state index is 0.231. The molecule has 0 aliphatic rings. The molecular formula is C8H8ClF. The topological polar surface area (TPSA) is 0 Å². The first-order chi connectivity index (χ1) is 4.61. The van der Waals surface area contributed by atoms with Crippen molar-refractivity contribution in [2.24, 2.45) is 0 Å². The molecule has 0 saturated heterocycles. The van der Waals surface area contributed by atoms with Crippen LogP contribution in [0.4, 0.5) is 4.39 Å². The van der Waals surface area contributed by atoms with Crippen LogP contribution >= 0.6 is 11.6 Å². The molecule has 10 heavy (non-hydrogen) atoms. The average molecular weight is 159 g/mol. The van der Waals surface area contributed by atoms with Gasteiger partial charge in [-0.15, -0.1) is 0 Å². The van der Waals surface area contributed by atoms with Crippen molar-refractivity contribution in [1.29, 1.82) is 0 Å². The zero-order valence-electron chi connectivity index (χ0n) is 5.91. The van der Waals surface area contributed by atoms with Crippen molar-refractivity contribution >= 4 is 11.6 Å². The molecule has 0 unspecified atom stereocenters. The first kappa shape index (κ1) is 7.55. The van der Waals surface area contributed by atoms with E-state index in [0.717, 1.165) is 5.56 Å². The molecule has 2 heteroatoms. The number of benzene rings is 1. The Hall–Kier alpha value is -0.560. The second-order valence-corrected chi connectivity index (χ2v) is 2.76. The molecule has 0 heterocycles. The maximum atomic E-state index is 12.8. The van der Waals surface area contributed by atoms with Crippen molar-refractivity contribution in [3.63, 3.8) is 0 Å². The van der Waals surface area contributed by atoms with E-state index in [4.69, 9.17) is 11.6 Å². The average Bonchev–Trinajstić information content (AvgIpc) is 1.82. The molecule has 0 aromatic heterocycles. The lowest BCUT2D eigenvalue weighted by molar-refractivity contribution is 0.617. The lowest BCUT2D eigenvalue weighted by atomic mass is 10.2. The molecule has 0 saturated carbocycles. The predicted octanol–water partition coefficient (Wildman–Crippen LogP) is 3.10. The molecule has 1 aromatic rings. The van der Waals surface area contributed by atoms with E-state index < -0.39 is 0 Å². The van der Waals surface area contributed by atoms with Gasteiger partial charge >= 0.3 is 0 Å². The molecule has 0 spiro atoms. The van der Waals surface area contributed by atoms with Gasteiger partial charge in [0.1, 0.15) is 5.82 Å². The van der Waals surface area contributed by atoms with Crippen molar-refractivity contribution in [1.82, 2.24) is 0 Å². The van der Waals surface area contributed by atoms with Gasteiger partial charge in [-0.2, -0.15) is 0 Å². The summed E-state index contributed by atoms with van der Waals surface area (Å²) in [5, 5.41) is 0.498. The second kappa shape index (κ2) is 2.59. The summed E-state index contributed by atoms with van der Waals surface area (Å²) in [5.74, 6) is -0.231. The Morgan fingerprint density at radius 3 is 2.40 bits per heavy atom. The quantitative estimate of drug-likeness (QED) is 0.544. The van der Waals surface area contributed by atoms with Crippen molar-refractivity contribution in [3.05, 3.63) is 34.1 Å². The van der Waals surface area contributed by atoms with Crippen LogP contribution in [0.15, 0.2) is 12.1 Å². The van der Waals surface area contributed by atoms with Gasteiger partial charge in [0.15, 0.2) is 0 Å². The molecule has 0 radical (unpaired) electrons. The van der Waals surface area contributed by atoms with Crippen LogP contribution in [0.1, 0.15) is 11.1 Å². The van der Waals surface area contributed by atoms with Crippen LogP contribution in [-0.4, -0.2) is 0 Å². The van der Waals surface area contributed by atoms with E-state index in [9.17, 15) is 4.39 Å². The lowest BCUT2D eigenvalue weighted by Gasteiger charge is -1.99. The van der Waals surface area contributed by atoms with Gasteiger partial charge in [0.2, 0.25) is 0 Å². The molecule has 0 atom stereocenters. The first-order valence-corrected chi connectivity index (χ1v) is 3.41. The van der Waals surface area contributed by atoms with Crippen molar-refractivity contribution in [2.75, 3.05) is 0 Å². The smallest absolute Gasteiger partial charge is 0.127 e. The monoisotopic (exact) mass is 158 g/mol. The van der Waals surface area contributed by atoms with E-state index in [2.05, 4.69) is 0 Å². The summed E-state index contributed by atoms with van der Waals surface area (Å²) in [6.07, 6.45) is 0. The van der Waals surface area contributed by atoms with Crippen LogP contribution < -0.4 is 0 Å². The summed E-state index contributed by atoms with van der Waals surface area (Å²) in [6, 6.07) is 3.22. The fraction of sp³-hybridized carbons (Fsp3) is 0.250. The molecule has 0 N–H and O–H groups in total. The third-order valence-corrected chi connectivity index (χ3v) is 1.82. The Bertz CT molecular complexity index is 232. The number of halogens is 2. The Labute approximate surface area is 64.6 Å². The minimum atomic E-state index is -0.231. The Balaban J connectivity index is 3.31.